The highest BCUT2D eigenvalue weighted by molar-refractivity contribution is 5.79. The Morgan fingerprint density at radius 3 is 3.09 bits per heavy atom. The standard InChI is InChI=1S/C17H21NO5/c1-20-13-8-17(23-9-13)4-5-18(10-17)16(19)7-12-2-3-14-15(6-12)22-11-21-14/h2-3,6,13H,4-5,7-11H2,1H3/t13-,17+/m0/s1. The normalized spacial score (nSPS) is 28.7. The zero-order valence-electron chi connectivity index (χ0n) is 13.2. The molecule has 2 atom stereocenters. The molecule has 0 aromatic heterocycles. The number of methoxy groups -OCH3 is 1. The predicted octanol–water partition coefficient (Wildman–Crippen LogP) is 1.36. The number of ether oxygens (including phenoxy) is 4. The fourth-order valence-electron chi connectivity index (χ4n) is 3.63. The molecule has 0 unspecified atom stereocenters. The van der Waals surface area contributed by atoms with Crippen molar-refractivity contribution in [2.24, 2.45) is 0 Å². The molecule has 1 aromatic carbocycles. The van der Waals surface area contributed by atoms with E-state index in [-0.39, 0.29) is 24.4 Å². The minimum atomic E-state index is -0.203. The molecule has 0 N–H and O–H groups in total. The molecule has 4 rings (SSSR count). The largest absolute Gasteiger partial charge is 0.454 e. The van der Waals surface area contributed by atoms with E-state index < -0.39 is 0 Å². The van der Waals surface area contributed by atoms with Gasteiger partial charge in [0.05, 0.1) is 24.7 Å². The SMILES string of the molecule is CO[C@@H]1CO[C@]2(CCN(C(=O)Cc3ccc4c(c3)OCO4)C2)C1. The summed E-state index contributed by atoms with van der Waals surface area (Å²) >= 11 is 0. The number of likely N-dealkylation sites (tertiary alicyclic amines) is 1. The van der Waals surface area contributed by atoms with Gasteiger partial charge in [-0.3, -0.25) is 4.79 Å². The molecule has 0 aliphatic carbocycles. The maximum atomic E-state index is 12.6. The van der Waals surface area contributed by atoms with Gasteiger partial charge in [-0.2, -0.15) is 0 Å². The summed E-state index contributed by atoms with van der Waals surface area (Å²) in [7, 11) is 1.71. The van der Waals surface area contributed by atoms with Crippen LogP contribution in [0.1, 0.15) is 18.4 Å². The minimum absolute atomic E-state index is 0.130. The number of carbonyl (C=O) groups excluding carboxylic acids is 1. The van der Waals surface area contributed by atoms with Crippen molar-refractivity contribution in [3.63, 3.8) is 0 Å². The van der Waals surface area contributed by atoms with Crippen LogP contribution in [0, 0.1) is 0 Å². The number of hydrogen-bond acceptors (Lipinski definition) is 5. The monoisotopic (exact) mass is 319 g/mol. The van der Waals surface area contributed by atoms with Crippen LogP contribution in [0.5, 0.6) is 11.5 Å². The molecule has 0 bridgehead atoms. The summed E-state index contributed by atoms with van der Waals surface area (Å²) in [6, 6.07) is 5.67. The zero-order valence-corrected chi connectivity index (χ0v) is 13.2. The summed E-state index contributed by atoms with van der Waals surface area (Å²) in [6.07, 6.45) is 2.29. The van der Waals surface area contributed by atoms with Gasteiger partial charge in [0.15, 0.2) is 11.5 Å². The Bertz CT molecular complexity index is 619. The van der Waals surface area contributed by atoms with Crippen molar-refractivity contribution < 1.29 is 23.7 Å². The van der Waals surface area contributed by atoms with Gasteiger partial charge in [-0.15, -0.1) is 0 Å². The Hall–Kier alpha value is -1.79. The van der Waals surface area contributed by atoms with E-state index in [4.69, 9.17) is 18.9 Å². The molecular formula is C17H21NO5. The van der Waals surface area contributed by atoms with Gasteiger partial charge in [0.1, 0.15) is 0 Å². The Balaban J connectivity index is 1.39. The quantitative estimate of drug-likeness (QED) is 0.842. The second-order valence-corrected chi connectivity index (χ2v) is 6.49. The number of carbonyl (C=O) groups is 1. The van der Waals surface area contributed by atoms with Crippen LogP contribution < -0.4 is 9.47 Å². The van der Waals surface area contributed by atoms with E-state index in [1.807, 2.05) is 23.1 Å². The number of fused-ring (bicyclic) bond motifs is 1. The van der Waals surface area contributed by atoms with E-state index in [2.05, 4.69) is 0 Å². The first-order valence-electron chi connectivity index (χ1n) is 8.00. The van der Waals surface area contributed by atoms with Gasteiger partial charge in [0, 0.05) is 26.6 Å². The minimum Gasteiger partial charge on any atom is -0.454 e. The van der Waals surface area contributed by atoms with Gasteiger partial charge in [-0.05, 0) is 24.1 Å². The summed E-state index contributed by atoms with van der Waals surface area (Å²) in [5, 5.41) is 0. The van der Waals surface area contributed by atoms with E-state index in [1.54, 1.807) is 7.11 Å². The fraction of sp³-hybridized carbons (Fsp3) is 0.588. The van der Waals surface area contributed by atoms with Crippen molar-refractivity contribution in [1.82, 2.24) is 4.90 Å². The Kier molecular flexibility index (Phi) is 3.66. The van der Waals surface area contributed by atoms with Crippen molar-refractivity contribution in [3.8, 4) is 11.5 Å². The molecule has 2 saturated heterocycles. The summed E-state index contributed by atoms with van der Waals surface area (Å²) in [5.74, 6) is 1.59. The van der Waals surface area contributed by atoms with Crippen LogP contribution in [0.3, 0.4) is 0 Å². The first-order chi connectivity index (χ1) is 11.2. The van der Waals surface area contributed by atoms with Crippen molar-refractivity contribution in [3.05, 3.63) is 23.8 Å². The van der Waals surface area contributed by atoms with Crippen LogP contribution in [-0.4, -0.2) is 56.1 Å². The maximum Gasteiger partial charge on any atom is 0.231 e. The lowest BCUT2D eigenvalue weighted by molar-refractivity contribution is -0.130. The van der Waals surface area contributed by atoms with Gasteiger partial charge >= 0.3 is 0 Å². The maximum absolute atomic E-state index is 12.6. The lowest BCUT2D eigenvalue weighted by Crippen LogP contribution is -2.36. The second kappa shape index (κ2) is 5.69. The summed E-state index contributed by atoms with van der Waals surface area (Å²) < 4.78 is 22.0. The summed E-state index contributed by atoms with van der Waals surface area (Å²) in [4.78, 5) is 14.5. The van der Waals surface area contributed by atoms with Crippen LogP contribution in [0.15, 0.2) is 18.2 Å². The number of nitrogens with zero attached hydrogens (tertiary/aromatic N) is 1. The molecule has 1 aromatic rings. The Morgan fingerprint density at radius 2 is 2.26 bits per heavy atom. The number of amides is 1. The summed E-state index contributed by atoms with van der Waals surface area (Å²) in [6.45, 7) is 2.29. The Labute approximate surface area is 135 Å². The van der Waals surface area contributed by atoms with Crippen LogP contribution >= 0.6 is 0 Å². The highest BCUT2D eigenvalue weighted by atomic mass is 16.7. The van der Waals surface area contributed by atoms with Gasteiger partial charge in [0.2, 0.25) is 12.7 Å². The molecule has 6 nitrogen and oxygen atoms in total. The first kappa shape index (κ1) is 14.8. The molecule has 3 aliphatic rings. The van der Waals surface area contributed by atoms with E-state index in [0.717, 1.165) is 36.4 Å². The molecule has 23 heavy (non-hydrogen) atoms. The van der Waals surface area contributed by atoms with E-state index in [1.165, 1.54) is 0 Å². The lowest BCUT2D eigenvalue weighted by atomic mass is 9.98. The number of benzene rings is 1. The van der Waals surface area contributed by atoms with Crippen molar-refractivity contribution in [1.29, 1.82) is 0 Å². The zero-order chi connectivity index (χ0) is 15.9. The van der Waals surface area contributed by atoms with Crippen LogP contribution in [0.25, 0.3) is 0 Å². The average Bonchev–Trinajstić information content (AvgIpc) is 3.27. The molecule has 0 saturated carbocycles. The second-order valence-electron chi connectivity index (χ2n) is 6.49. The smallest absolute Gasteiger partial charge is 0.231 e. The van der Waals surface area contributed by atoms with Crippen molar-refractivity contribution >= 4 is 5.91 Å². The molecule has 1 amide bonds. The third kappa shape index (κ3) is 2.77. The predicted molar refractivity (Wildman–Crippen MR) is 81.6 cm³/mol. The van der Waals surface area contributed by atoms with Crippen LogP contribution in [-0.2, 0) is 20.7 Å². The first-order valence-corrected chi connectivity index (χ1v) is 8.00. The lowest BCUT2D eigenvalue weighted by Gasteiger charge is -2.23. The van der Waals surface area contributed by atoms with Crippen LogP contribution in [0.4, 0.5) is 0 Å². The topological polar surface area (TPSA) is 57.2 Å². The van der Waals surface area contributed by atoms with Gasteiger partial charge < -0.3 is 23.8 Å². The molecule has 3 heterocycles. The molecule has 6 heteroatoms. The number of rotatable bonds is 3. The Morgan fingerprint density at radius 1 is 1.39 bits per heavy atom. The van der Waals surface area contributed by atoms with Gasteiger partial charge in [-0.1, -0.05) is 6.07 Å². The van der Waals surface area contributed by atoms with Gasteiger partial charge in [0.25, 0.3) is 0 Å². The molecule has 1 spiro atoms. The molecular weight excluding hydrogens is 298 g/mol. The summed E-state index contributed by atoms with van der Waals surface area (Å²) in [5.41, 5.74) is 0.743. The van der Waals surface area contributed by atoms with E-state index >= 15 is 0 Å². The third-order valence-corrected chi connectivity index (χ3v) is 4.97. The van der Waals surface area contributed by atoms with E-state index in [9.17, 15) is 4.79 Å². The van der Waals surface area contributed by atoms with E-state index in [0.29, 0.717) is 19.6 Å². The average molecular weight is 319 g/mol. The highest BCUT2D eigenvalue weighted by Crippen LogP contribution is 2.37. The van der Waals surface area contributed by atoms with Gasteiger partial charge in [-0.25, -0.2) is 0 Å². The van der Waals surface area contributed by atoms with Crippen LogP contribution in [0.2, 0.25) is 0 Å². The molecule has 124 valence electrons. The third-order valence-electron chi connectivity index (χ3n) is 4.97. The van der Waals surface area contributed by atoms with Crippen molar-refractivity contribution in [2.45, 2.75) is 31.0 Å². The van der Waals surface area contributed by atoms with Crippen molar-refractivity contribution in [2.75, 3.05) is 33.6 Å². The molecule has 3 aliphatic heterocycles. The highest BCUT2D eigenvalue weighted by Gasteiger charge is 2.46. The molecule has 2 fully saturated rings. The fourth-order valence-corrected chi connectivity index (χ4v) is 3.63. The number of hydrogen-bond donors (Lipinski definition) is 0. The molecule has 0 radical (unpaired) electrons.